The first-order valence-electron chi connectivity index (χ1n) is 9.42. The predicted octanol–water partition coefficient (Wildman–Crippen LogP) is 4.23. The number of esters is 1. The van der Waals surface area contributed by atoms with E-state index in [2.05, 4.69) is 0 Å². The van der Waals surface area contributed by atoms with Gasteiger partial charge in [-0.25, -0.2) is 4.79 Å². The van der Waals surface area contributed by atoms with Gasteiger partial charge in [-0.05, 0) is 17.2 Å². The van der Waals surface area contributed by atoms with Gasteiger partial charge >= 0.3 is 5.97 Å². The molecule has 2 atom stereocenters. The molecule has 1 spiro atoms. The molecule has 1 saturated heterocycles. The lowest BCUT2D eigenvalue weighted by Gasteiger charge is -2.38. The molecule has 138 valence electrons. The largest absolute Gasteiger partial charge is 0.430 e. The van der Waals surface area contributed by atoms with Crippen molar-refractivity contribution in [3.63, 3.8) is 0 Å². The van der Waals surface area contributed by atoms with Crippen LogP contribution in [0.4, 0.5) is 0 Å². The van der Waals surface area contributed by atoms with E-state index in [4.69, 9.17) is 4.74 Å². The summed E-state index contributed by atoms with van der Waals surface area (Å²) in [6, 6.07) is 27.1. The zero-order valence-corrected chi connectivity index (χ0v) is 15.2. The van der Waals surface area contributed by atoms with Gasteiger partial charge in [-0.2, -0.15) is 0 Å². The summed E-state index contributed by atoms with van der Waals surface area (Å²) in [7, 11) is 0. The molecule has 0 radical (unpaired) electrons. The van der Waals surface area contributed by atoms with Gasteiger partial charge in [0.25, 0.3) is 0 Å². The quantitative estimate of drug-likeness (QED) is 0.649. The van der Waals surface area contributed by atoms with Crippen LogP contribution in [0.1, 0.15) is 39.4 Å². The number of likely N-dealkylation sites (tertiary alicyclic amines) is 1. The highest BCUT2D eigenvalue weighted by atomic mass is 16.6. The minimum absolute atomic E-state index is 0.0118. The highest BCUT2D eigenvalue weighted by Gasteiger charge is 2.61. The van der Waals surface area contributed by atoms with E-state index in [1.54, 1.807) is 11.0 Å². The van der Waals surface area contributed by atoms with E-state index in [1.165, 1.54) is 0 Å². The summed E-state index contributed by atoms with van der Waals surface area (Å²) in [6.45, 7) is 0.393. The van der Waals surface area contributed by atoms with Crippen molar-refractivity contribution >= 4 is 11.9 Å². The van der Waals surface area contributed by atoms with E-state index >= 15 is 0 Å². The summed E-state index contributed by atoms with van der Waals surface area (Å²) in [5, 5.41) is 0. The van der Waals surface area contributed by atoms with Crippen molar-refractivity contribution in [2.75, 3.05) is 0 Å². The zero-order chi connectivity index (χ0) is 19.1. The third kappa shape index (κ3) is 2.38. The third-order valence-corrected chi connectivity index (χ3v) is 5.72. The molecule has 0 N–H and O–H groups in total. The third-order valence-electron chi connectivity index (χ3n) is 5.72. The molecular formula is C24H19NO3. The van der Waals surface area contributed by atoms with Gasteiger partial charge in [0, 0.05) is 18.5 Å². The molecule has 3 aromatic rings. The van der Waals surface area contributed by atoms with E-state index in [0.29, 0.717) is 18.5 Å². The molecule has 1 fully saturated rings. The Balaban J connectivity index is 1.69. The lowest BCUT2D eigenvalue weighted by atomic mass is 9.83. The van der Waals surface area contributed by atoms with E-state index < -0.39 is 5.72 Å². The van der Waals surface area contributed by atoms with Crippen LogP contribution < -0.4 is 0 Å². The summed E-state index contributed by atoms with van der Waals surface area (Å²) >= 11 is 0. The second-order valence-electron chi connectivity index (χ2n) is 7.26. The molecule has 0 saturated carbocycles. The maximum atomic E-state index is 13.2. The first-order valence-corrected chi connectivity index (χ1v) is 9.42. The Labute approximate surface area is 163 Å². The van der Waals surface area contributed by atoms with Crippen molar-refractivity contribution in [3.8, 4) is 0 Å². The van der Waals surface area contributed by atoms with Crippen LogP contribution in [0.5, 0.6) is 0 Å². The fraction of sp³-hybridized carbons (Fsp3) is 0.167. The molecule has 2 aliphatic rings. The van der Waals surface area contributed by atoms with Gasteiger partial charge in [0.05, 0.1) is 11.5 Å². The van der Waals surface area contributed by atoms with Crippen molar-refractivity contribution in [2.24, 2.45) is 0 Å². The Morgan fingerprint density at radius 1 is 0.857 bits per heavy atom. The van der Waals surface area contributed by atoms with Crippen LogP contribution in [0.3, 0.4) is 0 Å². The number of benzene rings is 3. The molecule has 28 heavy (non-hydrogen) atoms. The first-order chi connectivity index (χ1) is 13.7. The molecule has 4 nitrogen and oxygen atoms in total. The molecule has 1 amide bonds. The molecule has 4 heteroatoms. The van der Waals surface area contributed by atoms with Crippen molar-refractivity contribution in [1.29, 1.82) is 0 Å². The summed E-state index contributed by atoms with van der Waals surface area (Å²) in [5.74, 6) is -0.635. The predicted molar refractivity (Wildman–Crippen MR) is 104 cm³/mol. The summed E-state index contributed by atoms with van der Waals surface area (Å²) in [4.78, 5) is 27.7. The van der Waals surface area contributed by atoms with Gasteiger partial charge in [-0.15, -0.1) is 0 Å². The van der Waals surface area contributed by atoms with Crippen molar-refractivity contribution in [3.05, 3.63) is 107 Å². The van der Waals surface area contributed by atoms with Crippen LogP contribution in [0.15, 0.2) is 84.9 Å². The SMILES string of the molecule is O=C1O[C@]2(c3ccccc31)[C@H](c1ccccc1)CC(=O)N2Cc1ccccc1. The number of carbonyl (C=O) groups is 2. The number of amides is 1. The number of hydrogen-bond acceptors (Lipinski definition) is 3. The number of nitrogens with zero attached hydrogens (tertiary/aromatic N) is 1. The number of ether oxygens (including phenoxy) is 1. The Bertz CT molecular complexity index is 1050. The van der Waals surface area contributed by atoms with Gasteiger partial charge in [-0.1, -0.05) is 78.9 Å². The van der Waals surface area contributed by atoms with Crippen LogP contribution in [0.25, 0.3) is 0 Å². The van der Waals surface area contributed by atoms with Crippen molar-refractivity contribution < 1.29 is 14.3 Å². The Hall–Kier alpha value is -3.40. The van der Waals surface area contributed by atoms with Crippen LogP contribution in [0.2, 0.25) is 0 Å². The molecule has 0 bridgehead atoms. The van der Waals surface area contributed by atoms with Gasteiger partial charge in [0.1, 0.15) is 0 Å². The molecule has 0 unspecified atom stereocenters. The topological polar surface area (TPSA) is 46.6 Å². The maximum Gasteiger partial charge on any atom is 0.341 e. The maximum absolute atomic E-state index is 13.2. The number of rotatable bonds is 3. The molecule has 5 rings (SSSR count). The highest BCUT2D eigenvalue weighted by molar-refractivity contribution is 5.96. The van der Waals surface area contributed by atoms with E-state index in [9.17, 15) is 9.59 Å². The minimum atomic E-state index is -1.11. The molecule has 0 aliphatic carbocycles. The summed E-state index contributed by atoms with van der Waals surface area (Å²) in [6.07, 6.45) is 0.304. The van der Waals surface area contributed by atoms with Crippen LogP contribution >= 0.6 is 0 Å². The minimum Gasteiger partial charge on any atom is -0.430 e. The first kappa shape index (κ1) is 16.8. The van der Waals surface area contributed by atoms with Crippen LogP contribution in [-0.4, -0.2) is 16.8 Å². The standard InChI is InChI=1S/C24H19NO3/c26-22-15-21(18-11-5-2-6-12-18)24(25(22)16-17-9-3-1-4-10-17)20-14-8-7-13-19(20)23(27)28-24/h1-14,21H,15-16H2/t21-,24+/m0/s1. The van der Waals surface area contributed by atoms with Crippen molar-refractivity contribution in [1.82, 2.24) is 4.90 Å². The van der Waals surface area contributed by atoms with Gasteiger partial charge in [0.15, 0.2) is 0 Å². The molecule has 2 heterocycles. The average molecular weight is 369 g/mol. The summed E-state index contributed by atoms with van der Waals surface area (Å²) < 4.78 is 6.07. The Kier molecular flexibility index (Phi) is 3.79. The van der Waals surface area contributed by atoms with Crippen molar-refractivity contribution in [2.45, 2.75) is 24.6 Å². The fourth-order valence-electron chi connectivity index (χ4n) is 4.48. The smallest absolute Gasteiger partial charge is 0.341 e. The van der Waals surface area contributed by atoms with Gasteiger partial charge in [-0.3, -0.25) is 9.69 Å². The lowest BCUT2D eigenvalue weighted by Crippen LogP contribution is -2.45. The van der Waals surface area contributed by atoms with E-state index in [0.717, 1.165) is 16.7 Å². The molecule has 3 aromatic carbocycles. The van der Waals surface area contributed by atoms with Gasteiger partial charge in [0.2, 0.25) is 11.6 Å². The average Bonchev–Trinajstić information content (AvgIpc) is 3.19. The Morgan fingerprint density at radius 2 is 1.50 bits per heavy atom. The molecular weight excluding hydrogens is 350 g/mol. The second-order valence-corrected chi connectivity index (χ2v) is 7.26. The Morgan fingerprint density at radius 3 is 2.25 bits per heavy atom. The number of hydrogen-bond donors (Lipinski definition) is 0. The van der Waals surface area contributed by atoms with E-state index in [-0.39, 0.29) is 17.8 Å². The summed E-state index contributed by atoms with van der Waals surface area (Å²) in [5.41, 5.74) is 2.20. The monoisotopic (exact) mass is 369 g/mol. The lowest BCUT2D eigenvalue weighted by molar-refractivity contribution is -0.149. The number of fused-ring (bicyclic) bond motifs is 2. The fourth-order valence-corrected chi connectivity index (χ4v) is 4.48. The normalized spacial score (nSPS) is 23.1. The second kappa shape index (κ2) is 6.34. The highest BCUT2D eigenvalue weighted by Crippen LogP contribution is 2.55. The van der Waals surface area contributed by atoms with Crippen LogP contribution in [0, 0.1) is 0 Å². The number of carbonyl (C=O) groups excluding carboxylic acids is 2. The van der Waals surface area contributed by atoms with E-state index in [1.807, 2.05) is 78.9 Å². The molecule has 2 aliphatic heterocycles. The zero-order valence-electron chi connectivity index (χ0n) is 15.2. The molecule has 0 aromatic heterocycles. The van der Waals surface area contributed by atoms with Crippen LogP contribution in [-0.2, 0) is 21.8 Å². The van der Waals surface area contributed by atoms with Gasteiger partial charge < -0.3 is 4.74 Å².